The van der Waals surface area contributed by atoms with E-state index in [0.29, 0.717) is 5.92 Å². The molecule has 0 spiro atoms. The molecule has 0 amide bonds. The fourth-order valence-corrected chi connectivity index (χ4v) is 4.67. The predicted molar refractivity (Wildman–Crippen MR) is 136 cm³/mol. The van der Waals surface area contributed by atoms with Gasteiger partial charge in [0.15, 0.2) is 0 Å². The minimum Gasteiger partial charge on any atom is -0.376 e. The van der Waals surface area contributed by atoms with Crippen LogP contribution in [0.2, 0.25) is 0 Å². The summed E-state index contributed by atoms with van der Waals surface area (Å²) in [4.78, 5) is 0. The molecule has 0 aliphatic heterocycles. The van der Waals surface area contributed by atoms with Crippen molar-refractivity contribution in [2.45, 2.75) is 33.3 Å². The van der Waals surface area contributed by atoms with Gasteiger partial charge in [0, 0.05) is 33.2 Å². The number of halogens is 2. The fourth-order valence-electron chi connectivity index (χ4n) is 4.67. The molecule has 0 bridgehead atoms. The Morgan fingerprint density at radius 1 is 0.656 bits per heavy atom. The third kappa shape index (κ3) is 4.69. The largest absolute Gasteiger partial charge is 0.376 e. The van der Waals surface area contributed by atoms with Crippen molar-refractivity contribution in [3.8, 4) is 0 Å². The topological polar surface area (TPSA) is 20.2 Å². The first-order chi connectivity index (χ1) is 14.0. The Labute approximate surface area is 219 Å². The SMILES string of the molecule is CC1=C(C)C(C)C(c2ccccc2C(O)(c2ccccc2)c2ccccc2)=C1C.Cl.Cl.[Ti]. The van der Waals surface area contributed by atoms with E-state index in [0.717, 1.165) is 22.3 Å². The van der Waals surface area contributed by atoms with Gasteiger partial charge in [0.1, 0.15) is 5.60 Å². The van der Waals surface area contributed by atoms with Gasteiger partial charge in [-0.2, -0.15) is 0 Å². The van der Waals surface area contributed by atoms with Crippen molar-refractivity contribution < 1.29 is 26.8 Å². The molecule has 166 valence electrons. The average Bonchev–Trinajstić information content (AvgIpc) is 2.97. The molecule has 3 aromatic rings. The van der Waals surface area contributed by atoms with Crippen molar-refractivity contribution in [1.82, 2.24) is 0 Å². The van der Waals surface area contributed by atoms with Gasteiger partial charge in [-0.15, -0.1) is 24.8 Å². The Kier molecular flexibility index (Phi) is 10.2. The fraction of sp³-hybridized carbons (Fsp3) is 0.214. The number of rotatable bonds is 4. The smallest absolute Gasteiger partial charge is 0.141 e. The number of allylic oxidation sites excluding steroid dienone is 4. The van der Waals surface area contributed by atoms with E-state index in [1.807, 2.05) is 66.7 Å². The molecule has 4 heteroatoms. The van der Waals surface area contributed by atoms with Crippen molar-refractivity contribution in [2.24, 2.45) is 5.92 Å². The number of benzene rings is 3. The van der Waals surface area contributed by atoms with Crippen LogP contribution in [-0.2, 0) is 27.3 Å². The van der Waals surface area contributed by atoms with Crippen LogP contribution in [0.25, 0.3) is 5.57 Å². The zero-order chi connectivity index (χ0) is 20.6. The Morgan fingerprint density at radius 3 is 1.53 bits per heavy atom. The van der Waals surface area contributed by atoms with Crippen LogP contribution in [0.15, 0.2) is 102 Å². The summed E-state index contributed by atoms with van der Waals surface area (Å²) in [6.45, 7) is 8.90. The van der Waals surface area contributed by atoms with Gasteiger partial charge in [0.25, 0.3) is 0 Å². The van der Waals surface area contributed by atoms with Crippen LogP contribution in [0.3, 0.4) is 0 Å². The van der Waals surface area contributed by atoms with E-state index in [-0.39, 0.29) is 46.5 Å². The van der Waals surface area contributed by atoms with E-state index in [1.54, 1.807) is 0 Å². The zero-order valence-corrected chi connectivity index (χ0v) is 22.1. The number of hydrogen-bond acceptors (Lipinski definition) is 1. The molecule has 32 heavy (non-hydrogen) atoms. The number of aliphatic hydroxyl groups is 1. The van der Waals surface area contributed by atoms with Crippen LogP contribution in [-0.4, -0.2) is 5.11 Å². The van der Waals surface area contributed by atoms with E-state index in [2.05, 4.69) is 45.9 Å². The maximum atomic E-state index is 12.3. The summed E-state index contributed by atoms with van der Waals surface area (Å²) in [6.07, 6.45) is 0. The Balaban J connectivity index is 0.00000171. The van der Waals surface area contributed by atoms with Gasteiger partial charge in [-0.05, 0) is 54.2 Å². The van der Waals surface area contributed by atoms with Gasteiger partial charge >= 0.3 is 0 Å². The molecule has 0 saturated heterocycles. The molecule has 1 atom stereocenters. The molecule has 0 fully saturated rings. The van der Waals surface area contributed by atoms with Crippen molar-refractivity contribution in [1.29, 1.82) is 0 Å². The van der Waals surface area contributed by atoms with Crippen molar-refractivity contribution in [2.75, 3.05) is 0 Å². The monoisotopic (exact) mass is 500 g/mol. The maximum Gasteiger partial charge on any atom is 0.141 e. The van der Waals surface area contributed by atoms with Crippen molar-refractivity contribution in [3.63, 3.8) is 0 Å². The van der Waals surface area contributed by atoms with Crippen molar-refractivity contribution >= 4 is 30.4 Å². The quantitative estimate of drug-likeness (QED) is 0.289. The Morgan fingerprint density at radius 2 is 1.09 bits per heavy atom. The minimum absolute atomic E-state index is 0. The van der Waals surface area contributed by atoms with Crippen LogP contribution in [0.1, 0.15) is 49.9 Å². The Hall–Kier alpha value is -1.61. The van der Waals surface area contributed by atoms with Gasteiger partial charge in [-0.1, -0.05) is 97.4 Å². The molecule has 0 heterocycles. The van der Waals surface area contributed by atoms with E-state index < -0.39 is 5.60 Å². The first kappa shape index (κ1) is 28.4. The van der Waals surface area contributed by atoms with Crippen molar-refractivity contribution in [3.05, 3.63) is 124 Å². The second-order valence-electron chi connectivity index (χ2n) is 8.06. The normalized spacial score (nSPS) is 15.6. The molecular formula is C28H30Cl2OTi. The molecule has 0 saturated carbocycles. The molecule has 3 aromatic carbocycles. The molecule has 0 radical (unpaired) electrons. The van der Waals surface area contributed by atoms with E-state index in [1.165, 1.54) is 22.3 Å². The van der Waals surface area contributed by atoms with Crippen LogP contribution >= 0.6 is 24.8 Å². The van der Waals surface area contributed by atoms with Crippen LogP contribution in [0, 0.1) is 5.92 Å². The summed E-state index contributed by atoms with van der Waals surface area (Å²) < 4.78 is 0. The molecule has 1 unspecified atom stereocenters. The first-order valence-electron chi connectivity index (χ1n) is 10.3. The van der Waals surface area contributed by atoms with E-state index >= 15 is 0 Å². The predicted octanol–water partition coefficient (Wildman–Crippen LogP) is 7.57. The summed E-state index contributed by atoms with van der Waals surface area (Å²) in [6, 6.07) is 28.3. The van der Waals surface area contributed by atoms with Gasteiger partial charge < -0.3 is 5.11 Å². The minimum atomic E-state index is -1.23. The molecule has 1 nitrogen and oxygen atoms in total. The average molecular weight is 501 g/mol. The van der Waals surface area contributed by atoms with Gasteiger partial charge in [-0.3, -0.25) is 0 Å². The van der Waals surface area contributed by atoms with E-state index in [4.69, 9.17) is 0 Å². The molecule has 1 N–H and O–H groups in total. The molecule has 0 aromatic heterocycles. The van der Waals surface area contributed by atoms with Gasteiger partial charge in [0.05, 0.1) is 0 Å². The number of hydrogen-bond donors (Lipinski definition) is 1. The summed E-state index contributed by atoms with van der Waals surface area (Å²) in [5.74, 6) is 0.340. The second-order valence-corrected chi connectivity index (χ2v) is 8.06. The summed E-state index contributed by atoms with van der Waals surface area (Å²) >= 11 is 0. The molecule has 1 aliphatic rings. The first-order valence-corrected chi connectivity index (χ1v) is 10.3. The molecule has 4 rings (SSSR count). The Bertz CT molecular complexity index is 1070. The van der Waals surface area contributed by atoms with E-state index in [9.17, 15) is 5.11 Å². The van der Waals surface area contributed by atoms with Crippen LogP contribution in [0.5, 0.6) is 0 Å². The van der Waals surface area contributed by atoms with Crippen LogP contribution < -0.4 is 0 Å². The van der Waals surface area contributed by atoms with Gasteiger partial charge in [-0.25, -0.2) is 0 Å². The third-order valence-corrected chi connectivity index (χ3v) is 6.63. The molecular weight excluding hydrogens is 471 g/mol. The summed E-state index contributed by atoms with van der Waals surface area (Å²) in [5, 5.41) is 12.3. The summed E-state index contributed by atoms with van der Waals surface area (Å²) in [7, 11) is 0. The third-order valence-electron chi connectivity index (χ3n) is 6.63. The van der Waals surface area contributed by atoms with Gasteiger partial charge in [0.2, 0.25) is 0 Å². The van der Waals surface area contributed by atoms with Crippen LogP contribution in [0.4, 0.5) is 0 Å². The summed E-state index contributed by atoms with van der Waals surface area (Å²) in [5.41, 5.74) is 8.02. The maximum absolute atomic E-state index is 12.3. The standard InChI is InChI=1S/C28H28O.2ClH.Ti/c1-19-20(2)22(4)27(21(19)3)25-17-11-12-18-26(25)28(29,23-13-7-5-8-14-23)24-15-9-6-10-16-24;;;/h5-18,21,29H,1-4H3;2*1H;. The zero-order valence-electron chi connectivity index (χ0n) is 18.9. The molecule has 1 aliphatic carbocycles. The second kappa shape index (κ2) is 11.5.